The van der Waals surface area contributed by atoms with Crippen LogP contribution in [-0.2, 0) is 16.6 Å². The number of rotatable bonds is 6. The van der Waals surface area contributed by atoms with Gasteiger partial charge in [-0.15, -0.1) is 0 Å². The smallest absolute Gasteiger partial charge is 0.261 e. The van der Waals surface area contributed by atoms with Crippen LogP contribution >= 0.6 is 11.6 Å². The SMILES string of the molecule is CN(Cc1cccc(Cl)c1)C(=O)c1ccc(S(=O)(=O)Nc2ccc(F)cc2)cc1. The minimum Gasteiger partial charge on any atom is -0.337 e. The van der Waals surface area contributed by atoms with Crippen LogP contribution in [0.25, 0.3) is 0 Å². The van der Waals surface area contributed by atoms with Crippen LogP contribution in [0.5, 0.6) is 0 Å². The predicted octanol–water partition coefficient (Wildman–Crippen LogP) is 4.55. The van der Waals surface area contributed by atoms with Gasteiger partial charge in [0.15, 0.2) is 0 Å². The number of nitrogens with one attached hydrogen (secondary N) is 1. The molecule has 0 saturated carbocycles. The third kappa shape index (κ3) is 5.34. The van der Waals surface area contributed by atoms with E-state index in [0.29, 0.717) is 17.1 Å². The molecule has 0 unspecified atom stereocenters. The molecular formula is C21H18ClFN2O3S. The number of sulfonamides is 1. The Bertz CT molecular complexity index is 1120. The summed E-state index contributed by atoms with van der Waals surface area (Å²) in [6.07, 6.45) is 0. The van der Waals surface area contributed by atoms with Crippen molar-refractivity contribution in [3.05, 3.63) is 94.8 Å². The van der Waals surface area contributed by atoms with Gasteiger partial charge in [0, 0.05) is 29.9 Å². The Kier molecular flexibility index (Phi) is 6.20. The van der Waals surface area contributed by atoms with Crippen molar-refractivity contribution < 1.29 is 17.6 Å². The molecule has 1 amide bonds. The molecule has 0 aromatic heterocycles. The van der Waals surface area contributed by atoms with E-state index in [1.807, 2.05) is 12.1 Å². The minimum absolute atomic E-state index is 0.00382. The van der Waals surface area contributed by atoms with Gasteiger partial charge in [0.1, 0.15) is 5.82 Å². The molecule has 5 nitrogen and oxygen atoms in total. The van der Waals surface area contributed by atoms with Crippen molar-refractivity contribution in [1.29, 1.82) is 0 Å². The first-order chi connectivity index (χ1) is 13.7. The Hall–Kier alpha value is -2.90. The number of carbonyl (C=O) groups is 1. The highest BCUT2D eigenvalue weighted by molar-refractivity contribution is 7.92. The summed E-state index contributed by atoms with van der Waals surface area (Å²) in [5.74, 6) is -0.710. The lowest BCUT2D eigenvalue weighted by molar-refractivity contribution is 0.0785. The molecule has 29 heavy (non-hydrogen) atoms. The highest BCUT2D eigenvalue weighted by Crippen LogP contribution is 2.18. The van der Waals surface area contributed by atoms with Crippen molar-refractivity contribution in [2.24, 2.45) is 0 Å². The lowest BCUT2D eigenvalue weighted by Gasteiger charge is -2.18. The molecule has 0 aliphatic carbocycles. The van der Waals surface area contributed by atoms with Crippen LogP contribution in [0.1, 0.15) is 15.9 Å². The summed E-state index contributed by atoms with van der Waals surface area (Å²) in [6.45, 7) is 0.367. The largest absolute Gasteiger partial charge is 0.337 e. The van der Waals surface area contributed by atoms with Gasteiger partial charge in [-0.1, -0.05) is 23.7 Å². The summed E-state index contributed by atoms with van der Waals surface area (Å²) in [5.41, 5.74) is 1.49. The number of halogens is 2. The average molecular weight is 433 g/mol. The van der Waals surface area contributed by atoms with E-state index in [9.17, 15) is 17.6 Å². The number of amides is 1. The van der Waals surface area contributed by atoms with Crippen LogP contribution in [0.3, 0.4) is 0 Å². The molecule has 0 aliphatic rings. The molecule has 3 aromatic rings. The van der Waals surface area contributed by atoms with Crippen LogP contribution in [0.2, 0.25) is 5.02 Å². The van der Waals surface area contributed by atoms with Crippen molar-refractivity contribution in [3.63, 3.8) is 0 Å². The molecule has 150 valence electrons. The van der Waals surface area contributed by atoms with E-state index in [2.05, 4.69) is 4.72 Å². The van der Waals surface area contributed by atoms with Gasteiger partial charge >= 0.3 is 0 Å². The Morgan fingerprint density at radius 3 is 2.31 bits per heavy atom. The highest BCUT2D eigenvalue weighted by atomic mass is 35.5. The van der Waals surface area contributed by atoms with Gasteiger partial charge in [-0.25, -0.2) is 12.8 Å². The normalized spacial score (nSPS) is 11.1. The zero-order valence-electron chi connectivity index (χ0n) is 15.5. The zero-order chi connectivity index (χ0) is 21.0. The molecule has 0 fully saturated rings. The molecule has 0 bridgehead atoms. The van der Waals surface area contributed by atoms with Crippen molar-refractivity contribution >= 4 is 33.2 Å². The van der Waals surface area contributed by atoms with Gasteiger partial charge in [0.05, 0.1) is 4.90 Å². The van der Waals surface area contributed by atoms with E-state index in [0.717, 1.165) is 17.7 Å². The van der Waals surface area contributed by atoms with E-state index < -0.39 is 15.8 Å². The van der Waals surface area contributed by atoms with E-state index >= 15 is 0 Å². The first kappa shape index (κ1) is 20.8. The van der Waals surface area contributed by atoms with Crippen molar-refractivity contribution in [2.45, 2.75) is 11.4 Å². The molecule has 0 aliphatic heterocycles. The zero-order valence-corrected chi connectivity index (χ0v) is 17.0. The molecular weight excluding hydrogens is 415 g/mol. The van der Waals surface area contributed by atoms with Gasteiger partial charge in [0.2, 0.25) is 0 Å². The summed E-state index contributed by atoms with van der Waals surface area (Å²) in [5, 5.41) is 0.589. The lowest BCUT2D eigenvalue weighted by atomic mass is 10.1. The number of nitrogens with zero attached hydrogens (tertiary/aromatic N) is 1. The number of hydrogen-bond acceptors (Lipinski definition) is 3. The fraction of sp³-hybridized carbons (Fsp3) is 0.0952. The quantitative estimate of drug-likeness (QED) is 0.621. The highest BCUT2D eigenvalue weighted by Gasteiger charge is 2.17. The Morgan fingerprint density at radius 1 is 1.03 bits per heavy atom. The van der Waals surface area contributed by atoms with E-state index in [4.69, 9.17) is 11.6 Å². The van der Waals surface area contributed by atoms with Crippen LogP contribution < -0.4 is 4.72 Å². The third-order valence-electron chi connectivity index (χ3n) is 4.16. The standard InChI is InChI=1S/C21H18ClFN2O3S/c1-25(14-15-3-2-4-17(22)13-15)21(26)16-5-11-20(12-6-16)29(27,28)24-19-9-7-18(23)8-10-19/h2-13,24H,14H2,1H3. The van der Waals surface area contributed by atoms with Crippen LogP contribution in [-0.4, -0.2) is 26.3 Å². The molecule has 0 saturated heterocycles. The van der Waals surface area contributed by atoms with Gasteiger partial charge < -0.3 is 4.90 Å². The molecule has 3 rings (SSSR count). The number of anilines is 1. The summed E-state index contributed by atoms with van der Waals surface area (Å²) in [7, 11) is -2.20. The first-order valence-electron chi connectivity index (χ1n) is 8.63. The third-order valence-corrected chi connectivity index (χ3v) is 5.80. The minimum atomic E-state index is -3.85. The van der Waals surface area contributed by atoms with Crippen LogP contribution in [0, 0.1) is 5.82 Å². The van der Waals surface area contributed by atoms with Crippen molar-refractivity contribution in [3.8, 4) is 0 Å². The average Bonchev–Trinajstić information content (AvgIpc) is 2.69. The van der Waals surface area contributed by atoms with E-state index in [1.54, 1.807) is 19.2 Å². The van der Waals surface area contributed by atoms with Crippen LogP contribution in [0.4, 0.5) is 10.1 Å². The van der Waals surface area contributed by atoms with Gasteiger partial charge in [0.25, 0.3) is 15.9 Å². The lowest BCUT2D eigenvalue weighted by Crippen LogP contribution is -2.26. The maximum Gasteiger partial charge on any atom is 0.261 e. The second-order valence-corrected chi connectivity index (χ2v) is 8.55. The Balaban J connectivity index is 1.71. The second kappa shape index (κ2) is 8.63. The molecule has 3 aromatic carbocycles. The van der Waals surface area contributed by atoms with Gasteiger partial charge in [-0.2, -0.15) is 0 Å². The van der Waals surface area contributed by atoms with E-state index in [1.165, 1.54) is 41.3 Å². The fourth-order valence-electron chi connectivity index (χ4n) is 2.71. The monoisotopic (exact) mass is 432 g/mol. The second-order valence-electron chi connectivity index (χ2n) is 6.43. The molecule has 0 atom stereocenters. The Morgan fingerprint density at radius 2 is 1.69 bits per heavy atom. The van der Waals surface area contributed by atoms with Crippen molar-refractivity contribution in [1.82, 2.24) is 4.90 Å². The summed E-state index contributed by atoms with van der Waals surface area (Å²) in [6, 6.07) is 17.8. The van der Waals surface area contributed by atoms with Crippen LogP contribution in [0.15, 0.2) is 77.7 Å². The maximum absolute atomic E-state index is 13.0. The topological polar surface area (TPSA) is 66.5 Å². The number of benzene rings is 3. The van der Waals surface area contributed by atoms with Gasteiger partial charge in [-0.3, -0.25) is 9.52 Å². The van der Waals surface area contributed by atoms with Crippen molar-refractivity contribution in [2.75, 3.05) is 11.8 Å². The molecule has 1 N–H and O–H groups in total. The summed E-state index contributed by atoms with van der Waals surface area (Å²) in [4.78, 5) is 14.1. The predicted molar refractivity (Wildman–Crippen MR) is 111 cm³/mol. The van der Waals surface area contributed by atoms with E-state index in [-0.39, 0.29) is 16.5 Å². The number of carbonyl (C=O) groups excluding carboxylic acids is 1. The summed E-state index contributed by atoms with van der Waals surface area (Å²) < 4.78 is 40.3. The maximum atomic E-state index is 13.0. The molecule has 0 heterocycles. The Labute approximate surface area is 173 Å². The molecule has 0 spiro atoms. The summed E-state index contributed by atoms with van der Waals surface area (Å²) >= 11 is 5.97. The first-order valence-corrected chi connectivity index (χ1v) is 10.5. The molecule has 8 heteroatoms. The fourth-order valence-corrected chi connectivity index (χ4v) is 3.98. The van der Waals surface area contributed by atoms with Gasteiger partial charge in [-0.05, 0) is 66.2 Å². The number of hydrogen-bond donors (Lipinski definition) is 1. The molecule has 0 radical (unpaired) electrons.